The first kappa shape index (κ1) is 12.4. The van der Waals surface area contributed by atoms with Gasteiger partial charge in [-0.15, -0.1) is 0 Å². The minimum absolute atomic E-state index is 0.0129. The van der Waals surface area contributed by atoms with E-state index in [0.29, 0.717) is 6.54 Å². The third-order valence-corrected chi connectivity index (χ3v) is 3.06. The summed E-state index contributed by atoms with van der Waals surface area (Å²) >= 11 is 0. The van der Waals surface area contributed by atoms with Gasteiger partial charge in [0.05, 0.1) is 5.56 Å². The summed E-state index contributed by atoms with van der Waals surface area (Å²) < 4.78 is 2.09. The van der Waals surface area contributed by atoms with Crippen LogP contribution >= 0.6 is 0 Å². The van der Waals surface area contributed by atoms with E-state index < -0.39 is 0 Å². The van der Waals surface area contributed by atoms with Crippen LogP contribution in [0.4, 0.5) is 0 Å². The Labute approximate surface area is 107 Å². The largest absolute Gasteiger partial charge is 0.352 e. The van der Waals surface area contributed by atoms with Gasteiger partial charge in [0.2, 0.25) is 0 Å². The average Bonchev–Trinajstić information content (AvgIpc) is 2.76. The van der Waals surface area contributed by atoms with E-state index >= 15 is 0 Å². The number of fused-ring (bicyclic) bond motifs is 1. The van der Waals surface area contributed by atoms with Crippen LogP contribution in [-0.4, -0.2) is 17.0 Å². The van der Waals surface area contributed by atoms with Crippen molar-refractivity contribution in [2.75, 3.05) is 6.54 Å². The molecular weight excluding hydrogens is 224 g/mol. The Balaban J connectivity index is 2.62. The van der Waals surface area contributed by atoms with E-state index in [2.05, 4.69) is 29.5 Å². The van der Waals surface area contributed by atoms with Crippen molar-refractivity contribution in [3.63, 3.8) is 0 Å². The molecular formula is C15H18N2O. The van der Waals surface area contributed by atoms with E-state index in [-0.39, 0.29) is 5.91 Å². The summed E-state index contributed by atoms with van der Waals surface area (Å²) in [5.41, 5.74) is 2.89. The standard InChI is InChI=1S/C15H18N2O/c1-4-11-7-8-12-13(15(18)16-5-2)10-17(6-3)14(12)9-11/h4,7-10H,1,5-6H2,2-3H3,(H,16,18). The van der Waals surface area contributed by atoms with E-state index in [1.807, 2.05) is 31.3 Å². The number of nitrogens with one attached hydrogen (secondary N) is 1. The van der Waals surface area contributed by atoms with Crippen molar-refractivity contribution in [1.29, 1.82) is 0 Å². The fourth-order valence-electron chi connectivity index (χ4n) is 2.13. The maximum atomic E-state index is 12.0. The number of aromatic nitrogens is 1. The molecule has 3 heteroatoms. The minimum Gasteiger partial charge on any atom is -0.352 e. The highest BCUT2D eigenvalue weighted by molar-refractivity contribution is 6.07. The Morgan fingerprint density at radius 3 is 2.83 bits per heavy atom. The molecule has 3 nitrogen and oxygen atoms in total. The Morgan fingerprint density at radius 1 is 1.44 bits per heavy atom. The quantitative estimate of drug-likeness (QED) is 0.878. The molecule has 0 fully saturated rings. The lowest BCUT2D eigenvalue weighted by Crippen LogP contribution is -2.22. The van der Waals surface area contributed by atoms with Crippen LogP contribution in [0.1, 0.15) is 29.8 Å². The Hall–Kier alpha value is -2.03. The molecule has 0 aliphatic carbocycles. The summed E-state index contributed by atoms with van der Waals surface area (Å²) in [4.78, 5) is 12.0. The molecule has 2 rings (SSSR count). The summed E-state index contributed by atoms with van der Waals surface area (Å²) in [5, 5.41) is 3.84. The smallest absolute Gasteiger partial charge is 0.253 e. The van der Waals surface area contributed by atoms with E-state index in [9.17, 15) is 4.79 Å². The second-order valence-electron chi connectivity index (χ2n) is 4.17. The number of hydrogen-bond donors (Lipinski definition) is 1. The first-order valence-corrected chi connectivity index (χ1v) is 6.24. The van der Waals surface area contributed by atoms with Gasteiger partial charge in [0, 0.05) is 30.2 Å². The predicted octanol–water partition coefficient (Wildman–Crippen LogP) is 3.05. The number of carbonyl (C=O) groups is 1. The van der Waals surface area contributed by atoms with E-state index in [1.165, 1.54) is 0 Å². The Morgan fingerprint density at radius 2 is 2.22 bits per heavy atom. The number of hydrogen-bond acceptors (Lipinski definition) is 1. The predicted molar refractivity (Wildman–Crippen MR) is 75.7 cm³/mol. The van der Waals surface area contributed by atoms with Crippen molar-refractivity contribution in [2.45, 2.75) is 20.4 Å². The van der Waals surface area contributed by atoms with Gasteiger partial charge in [0.1, 0.15) is 0 Å². The minimum atomic E-state index is -0.0129. The van der Waals surface area contributed by atoms with Gasteiger partial charge in [0.25, 0.3) is 5.91 Å². The van der Waals surface area contributed by atoms with Crippen molar-refractivity contribution in [1.82, 2.24) is 9.88 Å². The molecule has 1 heterocycles. The first-order chi connectivity index (χ1) is 8.71. The molecule has 2 aromatic rings. The number of aryl methyl sites for hydroxylation is 1. The van der Waals surface area contributed by atoms with Crippen LogP contribution in [-0.2, 0) is 6.54 Å². The van der Waals surface area contributed by atoms with Gasteiger partial charge >= 0.3 is 0 Å². The highest BCUT2D eigenvalue weighted by Gasteiger charge is 2.13. The maximum Gasteiger partial charge on any atom is 0.253 e. The summed E-state index contributed by atoms with van der Waals surface area (Å²) in [6, 6.07) is 6.04. The molecule has 1 aromatic heterocycles. The number of nitrogens with zero attached hydrogens (tertiary/aromatic N) is 1. The molecule has 1 amide bonds. The first-order valence-electron chi connectivity index (χ1n) is 6.24. The lowest BCUT2D eigenvalue weighted by molar-refractivity contribution is 0.0957. The highest BCUT2D eigenvalue weighted by Crippen LogP contribution is 2.23. The van der Waals surface area contributed by atoms with E-state index in [1.54, 1.807) is 0 Å². The molecule has 0 aliphatic heterocycles. The molecule has 0 spiro atoms. The number of amides is 1. The zero-order valence-electron chi connectivity index (χ0n) is 10.9. The zero-order valence-corrected chi connectivity index (χ0v) is 10.9. The van der Waals surface area contributed by atoms with Crippen molar-refractivity contribution >= 4 is 22.9 Å². The molecule has 0 radical (unpaired) electrons. The van der Waals surface area contributed by atoms with Crippen molar-refractivity contribution < 1.29 is 4.79 Å². The average molecular weight is 242 g/mol. The van der Waals surface area contributed by atoms with Crippen LogP contribution < -0.4 is 5.32 Å². The van der Waals surface area contributed by atoms with Crippen LogP contribution in [0.3, 0.4) is 0 Å². The molecule has 0 saturated heterocycles. The van der Waals surface area contributed by atoms with Crippen molar-refractivity contribution in [3.8, 4) is 0 Å². The Kier molecular flexibility index (Phi) is 3.51. The Bertz CT molecular complexity index is 596. The summed E-state index contributed by atoms with van der Waals surface area (Å²) in [7, 11) is 0. The normalized spacial score (nSPS) is 10.6. The molecule has 0 saturated carbocycles. The topological polar surface area (TPSA) is 34.0 Å². The van der Waals surface area contributed by atoms with Gasteiger partial charge < -0.3 is 9.88 Å². The van der Waals surface area contributed by atoms with Gasteiger partial charge in [-0.2, -0.15) is 0 Å². The summed E-state index contributed by atoms with van der Waals surface area (Å²) in [6.45, 7) is 9.26. The molecule has 1 N–H and O–H groups in total. The van der Waals surface area contributed by atoms with Crippen LogP contribution in [0.5, 0.6) is 0 Å². The van der Waals surface area contributed by atoms with Gasteiger partial charge in [-0.3, -0.25) is 4.79 Å². The van der Waals surface area contributed by atoms with Gasteiger partial charge in [-0.25, -0.2) is 0 Å². The van der Waals surface area contributed by atoms with Crippen molar-refractivity contribution in [3.05, 3.63) is 42.1 Å². The van der Waals surface area contributed by atoms with E-state index in [0.717, 1.165) is 28.6 Å². The second kappa shape index (κ2) is 5.08. The molecule has 94 valence electrons. The monoisotopic (exact) mass is 242 g/mol. The molecule has 1 aromatic carbocycles. The molecule has 18 heavy (non-hydrogen) atoms. The molecule has 0 unspecified atom stereocenters. The van der Waals surface area contributed by atoms with Crippen LogP contribution in [0, 0.1) is 0 Å². The summed E-state index contributed by atoms with van der Waals surface area (Å²) in [5.74, 6) is -0.0129. The second-order valence-corrected chi connectivity index (χ2v) is 4.17. The zero-order chi connectivity index (χ0) is 13.1. The number of rotatable bonds is 4. The summed E-state index contributed by atoms with van der Waals surface area (Å²) in [6.07, 6.45) is 3.74. The fourth-order valence-corrected chi connectivity index (χ4v) is 2.13. The SMILES string of the molecule is C=Cc1ccc2c(C(=O)NCC)cn(CC)c2c1. The van der Waals surface area contributed by atoms with Crippen molar-refractivity contribution in [2.24, 2.45) is 0 Å². The molecule has 0 bridgehead atoms. The number of carbonyl (C=O) groups excluding carboxylic acids is 1. The highest BCUT2D eigenvalue weighted by atomic mass is 16.1. The van der Waals surface area contributed by atoms with Gasteiger partial charge in [-0.1, -0.05) is 24.8 Å². The third-order valence-electron chi connectivity index (χ3n) is 3.06. The third kappa shape index (κ3) is 2.04. The van der Waals surface area contributed by atoms with Crippen LogP contribution in [0.2, 0.25) is 0 Å². The van der Waals surface area contributed by atoms with Crippen LogP contribution in [0.25, 0.3) is 17.0 Å². The van der Waals surface area contributed by atoms with Gasteiger partial charge in [0.15, 0.2) is 0 Å². The fraction of sp³-hybridized carbons (Fsp3) is 0.267. The lowest BCUT2D eigenvalue weighted by atomic mass is 10.1. The molecule has 0 atom stereocenters. The molecule has 0 aliphatic rings. The lowest BCUT2D eigenvalue weighted by Gasteiger charge is -2.01. The van der Waals surface area contributed by atoms with Crippen LogP contribution in [0.15, 0.2) is 31.0 Å². The van der Waals surface area contributed by atoms with Gasteiger partial charge in [-0.05, 0) is 25.5 Å². The van der Waals surface area contributed by atoms with E-state index in [4.69, 9.17) is 0 Å². The number of benzene rings is 1. The maximum absolute atomic E-state index is 12.0.